The quantitative estimate of drug-likeness (QED) is 0.845. The van der Waals surface area contributed by atoms with E-state index < -0.39 is 0 Å². The maximum absolute atomic E-state index is 13.6. The molecule has 0 radical (unpaired) electrons. The Hall–Kier alpha value is -0.450. The fraction of sp³-hybridized carbons (Fsp3) is 0.538. The summed E-state index contributed by atoms with van der Waals surface area (Å²) in [6, 6.07) is 4.80. The molecule has 94 valence electrons. The minimum atomic E-state index is -0.205. The fourth-order valence-corrected chi connectivity index (χ4v) is 2.49. The molecule has 2 rings (SSSR count). The van der Waals surface area contributed by atoms with Gasteiger partial charge in [0.25, 0.3) is 0 Å². The molecule has 17 heavy (non-hydrogen) atoms. The van der Waals surface area contributed by atoms with Gasteiger partial charge in [0.15, 0.2) is 0 Å². The molecule has 0 saturated heterocycles. The zero-order valence-electron chi connectivity index (χ0n) is 9.88. The topological polar surface area (TPSA) is 21.3 Å². The monoisotopic (exact) mass is 301 g/mol. The first kappa shape index (κ1) is 13.0. The van der Waals surface area contributed by atoms with Crippen LogP contribution in [0.5, 0.6) is 0 Å². The van der Waals surface area contributed by atoms with Gasteiger partial charge in [0, 0.05) is 10.0 Å². The molecule has 2 nitrogen and oxygen atoms in total. The summed E-state index contributed by atoms with van der Waals surface area (Å²) >= 11 is 3.35. The molecule has 1 aliphatic carbocycles. The molecule has 1 aromatic rings. The lowest BCUT2D eigenvalue weighted by molar-refractivity contribution is -0.0382. The fourth-order valence-electron chi connectivity index (χ4n) is 2.11. The molecule has 1 saturated carbocycles. The minimum Gasteiger partial charge on any atom is -0.298 e. The highest BCUT2D eigenvalue weighted by Gasteiger charge is 2.18. The Bertz CT molecular complexity index is 380. The summed E-state index contributed by atoms with van der Waals surface area (Å²) in [5, 5.41) is 0. The first-order valence-electron chi connectivity index (χ1n) is 6.03. The molecular weight excluding hydrogens is 285 g/mol. The van der Waals surface area contributed by atoms with Crippen LogP contribution in [0.3, 0.4) is 0 Å². The van der Waals surface area contributed by atoms with Gasteiger partial charge in [-0.05, 0) is 38.0 Å². The van der Waals surface area contributed by atoms with E-state index in [-0.39, 0.29) is 18.0 Å². The molecule has 0 heterocycles. The van der Waals surface area contributed by atoms with Gasteiger partial charge < -0.3 is 0 Å². The Morgan fingerprint density at radius 1 is 1.41 bits per heavy atom. The Kier molecular flexibility index (Phi) is 4.54. The molecule has 0 aliphatic heterocycles. The molecule has 1 atom stereocenters. The van der Waals surface area contributed by atoms with Crippen molar-refractivity contribution in [3.63, 3.8) is 0 Å². The van der Waals surface area contributed by atoms with Crippen LogP contribution in [0.25, 0.3) is 0 Å². The number of nitrogens with one attached hydrogen (secondary N) is 1. The van der Waals surface area contributed by atoms with Gasteiger partial charge in [-0.2, -0.15) is 5.48 Å². The molecule has 0 amide bonds. The van der Waals surface area contributed by atoms with E-state index in [0.29, 0.717) is 5.56 Å². The third-order valence-corrected chi connectivity index (χ3v) is 3.63. The predicted octanol–water partition coefficient (Wildman–Crippen LogP) is 4.11. The minimum absolute atomic E-state index is 0.145. The number of halogens is 2. The van der Waals surface area contributed by atoms with Crippen LogP contribution < -0.4 is 5.48 Å². The van der Waals surface area contributed by atoms with Crippen LogP contribution in [0.15, 0.2) is 22.7 Å². The zero-order chi connectivity index (χ0) is 12.3. The van der Waals surface area contributed by atoms with E-state index in [1.807, 2.05) is 6.92 Å². The van der Waals surface area contributed by atoms with Crippen molar-refractivity contribution in [2.75, 3.05) is 0 Å². The second-order valence-electron chi connectivity index (χ2n) is 4.53. The van der Waals surface area contributed by atoms with Crippen LogP contribution in [-0.4, -0.2) is 6.10 Å². The van der Waals surface area contributed by atoms with Crippen molar-refractivity contribution < 1.29 is 9.23 Å². The predicted molar refractivity (Wildman–Crippen MR) is 69.0 cm³/mol. The lowest BCUT2D eigenvalue weighted by Gasteiger charge is -2.18. The number of hydrogen-bond donors (Lipinski definition) is 1. The molecular formula is C13H17BrFNO. The van der Waals surface area contributed by atoms with Gasteiger partial charge in [-0.3, -0.25) is 4.84 Å². The Labute approximate surface area is 110 Å². The third-order valence-electron chi connectivity index (χ3n) is 3.14. The van der Waals surface area contributed by atoms with Crippen LogP contribution in [0.4, 0.5) is 4.39 Å². The Morgan fingerprint density at radius 2 is 2.12 bits per heavy atom. The average molecular weight is 302 g/mol. The molecule has 0 spiro atoms. The van der Waals surface area contributed by atoms with Crippen LogP contribution >= 0.6 is 15.9 Å². The summed E-state index contributed by atoms with van der Waals surface area (Å²) in [4.78, 5) is 5.58. The van der Waals surface area contributed by atoms with E-state index in [1.165, 1.54) is 18.9 Å². The second-order valence-corrected chi connectivity index (χ2v) is 5.45. The van der Waals surface area contributed by atoms with Crippen LogP contribution in [0, 0.1) is 5.82 Å². The summed E-state index contributed by atoms with van der Waals surface area (Å²) in [5.74, 6) is -0.205. The largest absolute Gasteiger partial charge is 0.298 e. The molecule has 1 aromatic carbocycles. The van der Waals surface area contributed by atoms with Gasteiger partial charge in [-0.15, -0.1) is 0 Å². The smallest absolute Gasteiger partial charge is 0.128 e. The van der Waals surface area contributed by atoms with E-state index in [2.05, 4.69) is 21.4 Å². The van der Waals surface area contributed by atoms with Crippen LogP contribution in [-0.2, 0) is 4.84 Å². The van der Waals surface area contributed by atoms with E-state index in [0.717, 1.165) is 17.3 Å². The number of benzene rings is 1. The third kappa shape index (κ3) is 3.50. The molecule has 0 aromatic heterocycles. The first-order valence-corrected chi connectivity index (χ1v) is 6.82. The van der Waals surface area contributed by atoms with E-state index in [1.54, 1.807) is 12.1 Å². The van der Waals surface area contributed by atoms with Crippen molar-refractivity contribution >= 4 is 15.9 Å². The molecule has 1 N–H and O–H groups in total. The van der Waals surface area contributed by atoms with Crippen molar-refractivity contribution in [2.24, 2.45) is 0 Å². The standard InChI is InChI=1S/C13H17BrFNO/c1-9(16-17-11-4-2-3-5-11)12-8-10(14)6-7-13(12)15/h6-9,11,16H,2-5H2,1H3. The van der Waals surface area contributed by atoms with Crippen molar-refractivity contribution in [3.8, 4) is 0 Å². The van der Waals surface area contributed by atoms with Gasteiger partial charge in [0.1, 0.15) is 5.82 Å². The molecule has 1 unspecified atom stereocenters. The van der Waals surface area contributed by atoms with Crippen molar-refractivity contribution in [2.45, 2.75) is 44.8 Å². The molecule has 1 fully saturated rings. The summed E-state index contributed by atoms with van der Waals surface area (Å²) in [7, 11) is 0. The first-order chi connectivity index (χ1) is 8.16. The normalized spacial score (nSPS) is 18.5. The molecule has 4 heteroatoms. The maximum Gasteiger partial charge on any atom is 0.128 e. The number of hydrogen-bond acceptors (Lipinski definition) is 2. The van der Waals surface area contributed by atoms with Crippen molar-refractivity contribution in [1.29, 1.82) is 0 Å². The van der Waals surface area contributed by atoms with Gasteiger partial charge in [-0.25, -0.2) is 4.39 Å². The average Bonchev–Trinajstić information content (AvgIpc) is 2.82. The SMILES string of the molecule is CC(NOC1CCCC1)c1cc(Br)ccc1F. The summed E-state index contributed by atoms with van der Waals surface area (Å²) in [5.41, 5.74) is 3.57. The molecule has 0 bridgehead atoms. The number of hydroxylamine groups is 1. The van der Waals surface area contributed by atoms with Gasteiger partial charge in [-0.1, -0.05) is 28.8 Å². The summed E-state index contributed by atoms with van der Waals surface area (Å²) in [6.45, 7) is 1.90. The van der Waals surface area contributed by atoms with Gasteiger partial charge in [0.05, 0.1) is 12.1 Å². The zero-order valence-corrected chi connectivity index (χ0v) is 11.5. The molecule has 1 aliphatic rings. The Morgan fingerprint density at radius 3 is 2.82 bits per heavy atom. The van der Waals surface area contributed by atoms with Gasteiger partial charge in [0.2, 0.25) is 0 Å². The lowest BCUT2D eigenvalue weighted by atomic mass is 10.1. The van der Waals surface area contributed by atoms with Crippen LogP contribution in [0.2, 0.25) is 0 Å². The van der Waals surface area contributed by atoms with Crippen LogP contribution in [0.1, 0.15) is 44.2 Å². The maximum atomic E-state index is 13.6. The van der Waals surface area contributed by atoms with Crippen molar-refractivity contribution in [1.82, 2.24) is 5.48 Å². The highest BCUT2D eigenvalue weighted by molar-refractivity contribution is 9.10. The Balaban J connectivity index is 1.93. The van der Waals surface area contributed by atoms with Crippen molar-refractivity contribution in [3.05, 3.63) is 34.1 Å². The summed E-state index contributed by atoms with van der Waals surface area (Å²) < 4.78 is 14.5. The highest BCUT2D eigenvalue weighted by Crippen LogP contribution is 2.24. The summed E-state index contributed by atoms with van der Waals surface area (Å²) in [6.07, 6.45) is 4.94. The van der Waals surface area contributed by atoms with E-state index >= 15 is 0 Å². The highest BCUT2D eigenvalue weighted by atomic mass is 79.9. The number of rotatable bonds is 4. The van der Waals surface area contributed by atoms with E-state index in [4.69, 9.17) is 4.84 Å². The second kappa shape index (κ2) is 5.94. The van der Waals surface area contributed by atoms with E-state index in [9.17, 15) is 4.39 Å². The lowest BCUT2D eigenvalue weighted by Crippen LogP contribution is -2.25. The van der Waals surface area contributed by atoms with Gasteiger partial charge >= 0.3 is 0 Å².